The van der Waals surface area contributed by atoms with E-state index < -0.39 is 11.9 Å². The molecule has 0 aliphatic rings. The summed E-state index contributed by atoms with van der Waals surface area (Å²) >= 11 is 0. The Morgan fingerprint density at radius 3 is 2.17 bits per heavy atom. The molecule has 1 rings (SSSR count). The van der Waals surface area contributed by atoms with Gasteiger partial charge in [0, 0.05) is 12.1 Å². The molecule has 0 aliphatic heterocycles. The SMILES string of the molecule is CC(C)Oc1cc(F)nc(F)c1. The standard InChI is InChI=1S/C8H9F2NO/c1-5(2)12-6-3-7(9)11-8(10)4-6/h3-5H,1-2H3. The smallest absolute Gasteiger partial charge is 0.219 e. The number of rotatable bonds is 2. The molecule has 0 aromatic carbocycles. The fourth-order valence-corrected chi connectivity index (χ4v) is 0.783. The van der Waals surface area contributed by atoms with Crippen LogP contribution in [0.15, 0.2) is 12.1 Å². The van der Waals surface area contributed by atoms with Crippen molar-refractivity contribution in [1.82, 2.24) is 4.98 Å². The molecule has 1 aromatic rings. The fourth-order valence-electron chi connectivity index (χ4n) is 0.783. The summed E-state index contributed by atoms with van der Waals surface area (Å²) in [4.78, 5) is 2.93. The maximum Gasteiger partial charge on any atom is 0.219 e. The van der Waals surface area contributed by atoms with Crippen LogP contribution in [0, 0.1) is 11.9 Å². The van der Waals surface area contributed by atoms with Gasteiger partial charge < -0.3 is 4.74 Å². The molecule has 0 unspecified atom stereocenters. The summed E-state index contributed by atoms with van der Waals surface area (Å²) in [6.45, 7) is 3.55. The lowest BCUT2D eigenvalue weighted by molar-refractivity contribution is 0.239. The van der Waals surface area contributed by atoms with Gasteiger partial charge in [-0.1, -0.05) is 0 Å². The summed E-state index contributed by atoms with van der Waals surface area (Å²) < 4.78 is 30.0. The molecule has 12 heavy (non-hydrogen) atoms. The minimum atomic E-state index is -0.870. The van der Waals surface area contributed by atoms with Gasteiger partial charge in [-0.3, -0.25) is 0 Å². The maximum absolute atomic E-state index is 12.4. The van der Waals surface area contributed by atoms with Gasteiger partial charge in [-0.25, -0.2) is 0 Å². The molecule has 0 atom stereocenters. The van der Waals surface area contributed by atoms with Crippen LogP contribution < -0.4 is 4.74 Å². The summed E-state index contributed by atoms with van der Waals surface area (Å²) in [7, 11) is 0. The van der Waals surface area contributed by atoms with Gasteiger partial charge in [0.25, 0.3) is 0 Å². The van der Waals surface area contributed by atoms with Gasteiger partial charge in [0.05, 0.1) is 6.10 Å². The summed E-state index contributed by atoms with van der Waals surface area (Å²) in [6, 6.07) is 2.09. The Hall–Kier alpha value is -1.19. The predicted octanol–water partition coefficient (Wildman–Crippen LogP) is 2.15. The van der Waals surface area contributed by atoms with Crippen molar-refractivity contribution in [3.05, 3.63) is 24.0 Å². The van der Waals surface area contributed by atoms with E-state index in [4.69, 9.17) is 4.74 Å². The summed E-state index contributed by atoms with van der Waals surface area (Å²) in [5.74, 6) is -1.58. The van der Waals surface area contributed by atoms with Crippen molar-refractivity contribution >= 4 is 0 Å². The Morgan fingerprint density at radius 2 is 1.75 bits per heavy atom. The third-order valence-corrected chi connectivity index (χ3v) is 1.11. The molecule has 0 bridgehead atoms. The molecule has 1 aromatic heterocycles. The normalized spacial score (nSPS) is 10.4. The van der Waals surface area contributed by atoms with Gasteiger partial charge in [0.15, 0.2) is 0 Å². The van der Waals surface area contributed by atoms with Gasteiger partial charge in [-0.15, -0.1) is 0 Å². The molecule has 0 saturated carbocycles. The van der Waals surface area contributed by atoms with Crippen molar-refractivity contribution in [3.8, 4) is 5.75 Å². The monoisotopic (exact) mass is 173 g/mol. The molecule has 0 saturated heterocycles. The lowest BCUT2D eigenvalue weighted by Crippen LogP contribution is -2.06. The second-order valence-corrected chi connectivity index (χ2v) is 2.61. The number of halogens is 2. The van der Waals surface area contributed by atoms with Crippen LogP contribution in [0.5, 0.6) is 5.75 Å². The number of aromatic nitrogens is 1. The van der Waals surface area contributed by atoms with E-state index in [9.17, 15) is 8.78 Å². The van der Waals surface area contributed by atoms with E-state index in [2.05, 4.69) is 4.98 Å². The lowest BCUT2D eigenvalue weighted by atomic mass is 10.4. The van der Waals surface area contributed by atoms with Crippen LogP contribution in [-0.4, -0.2) is 11.1 Å². The van der Waals surface area contributed by atoms with Gasteiger partial charge in [-0.05, 0) is 13.8 Å². The van der Waals surface area contributed by atoms with Crippen LogP contribution in [0.3, 0.4) is 0 Å². The third-order valence-electron chi connectivity index (χ3n) is 1.11. The van der Waals surface area contributed by atoms with Gasteiger partial charge in [0.1, 0.15) is 5.75 Å². The Labute approximate surface area is 69.2 Å². The third kappa shape index (κ3) is 2.45. The molecule has 0 amide bonds. The molecule has 0 N–H and O–H groups in total. The van der Waals surface area contributed by atoms with E-state index >= 15 is 0 Å². The molecule has 0 aliphatic carbocycles. The van der Waals surface area contributed by atoms with Crippen molar-refractivity contribution in [1.29, 1.82) is 0 Å². The first-order valence-electron chi connectivity index (χ1n) is 3.57. The first-order chi connectivity index (χ1) is 5.58. The van der Waals surface area contributed by atoms with E-state index in [1.54, 1.807) is 13.8 Å². The van der Waals surface area contributed by atoms with E-state index in [1.165, 1.54) is 0 Å². The van der Waals surface area contributed by atoms with Crippen LogP contribution in [-0.2, 0) is 0 Å². The highest BCUT2D eigenvalue weighted by Gasteiger charge is 2.03. The Morgan fingerprint density at radius 1 is 1.25 bits per heavy atom. The second-order valence-electron chi connectivity index (χ2n) is 2.61. The Balaban J connectivity index is 2.85. The molecule has 0 spiro atoms. The molecule has 0 radical (unpaired) electrons. The average molecular weight is 173 g/mol. The highest BCUT2D eigenvalue weighted by Crippen LogP contribution is 2.13. The molecule has 66 valence electrons. The van der Waals surface area contributed by atoms with Crippen molar-refractivity contribution in [2.45, 2.75) is 20.0 Å². The molecule has 1 heterocycles. The zero-order valence-electron chi connectivity index (χ0n) is 6.84. The summed E-state index contributed by atoms with van der Waals surface area (Å²) in [5, 5.41) is 0. The summed E-state index contributed by atoms with van der Waals surface area (Å²) in [6.07, 6.45) is -0.105. The number of pyridine rings is 1. The number of hydrogen-bond acceptors (Lipinski definition) is 2. The molecular weight excluding hydrogens is 164 g/mol. The Kier molecular flexibility index (Phi) is 2.58. The quantitative estimate of drug-likeness (QED) is 0.639. The predicted molar refractivity (Wildman–Crippen MR) is 39.9 cm³/mol. The average Bonchev–Trinajstić information content (AvgIpc) is 1.81. The van der Waals surface area contributed by atoms with E-state index in [0.717, 1.165) is 12.1 Å². The van der Waals surface area contributed by atoms with Crippen molar-refractivity contribution in [2.75, 3.05) is 0 Å². The van der Waals surface area contributed by atoms with Crippen LogP contribution in [0.1, 0.15) is 13.8 Å². The fraction of sp³-hybridized carbons (Fsp3) is 0.375. The van der Waals surface area contributed by atoms with E-state index in [-0.39, 0.29) is 11.9 Å². The van der Waals surface area contributed by atoms with Crippen molar-refractivity contribution < 1.29 is 13.5 Å². The molecule has 0 fully saturated rings. The van der Waals surface area contributed by atoms with Gasteiger partial charge >= 0.3 is 0 Å². The van der Waals surface area contributed by atoms with E-state index in [1.807, 2.05) is 0 Å². The molecular formula is C8H9F2NO. The van der Waals surface area contributed by atoms with Crippen LogP contribution >= 0.6 is 0 Å². The zero-order chi connectivity index (χ0) is 9.14. The van der Waals surface area contributed by atoms with Crippen molar-refractivity contribution in [3.63, 3.8) is 0 Å². The summed E-state index contributed by atoms with van der Waals surface area (Å²) in [5.41, 5.74) is 0. The number of hydrogen-bond donors (Lipinski definition) is 0. The van der Waals surface area contributed by atoms with Crippen LogP contribution in [0.25, 0.3) is 0 Å². The second kappa shape index (κ2) is 3.47. The highest BCUT2D eigenvalue weighted by molar-refractivity contribution is 5.18. The van der Waals surface area contributed by atoms with E-state index in [0.29, 0.717) is 0 Å². The molecule has 4 heteroatoms. The largest absolute Gasteiger partial charge is 0.491 e. The highest BCUT2D eigenvalue weighted by atomic mass is 19.1. The first kappa shape index (κ1) is 8.90. The minimum Gasteiger partial charge on any atom is -0.491 e. The number of ether oxygens (including phenoxy) is 1. The minimum absolute atomic E-state index is 0.105. The van der Waals surface area contributed by atoms with Crippen LogP contribution in [0.2, 0.25) is 0 Å². The zero-order valence-corrected chi connectivity index (χ0v) is 6.84. The molecule has 2 nitrogen and oxygen atoms in total. The first-order valence-corrected chi connectivity index (χ1v) is 3.57. The number of nitrogens with zero attached hydrogens (tertiary/aromatic N) is 1. The Bertz CT molecular complexity index is 256. The maximum atomic E-state index is 12.4. The van der Waals surface area contributed by atoms with Gasteiger partial charge in [-0.2, -0.15) is 13.8 Å². The van der Waals surface area contributed by atoms with Crippen molar-refractivity contribution in [2.24, 2.45) is 0 Å². The lowest BCUT2D eigenvalue weighted by Gasteiger charge is -2.08. The van der Waals surface area contributed by atoms with Crippen LogP contribution in [0.4, 0.5) is 8.78 Å². The topological polar surface area (TPSA) is 22.1 Å². The van der Waals surface area contributed by atoms with Gasteiger partial charge in [0.2, 0.25) is 11.9 Å².